The number of benzene rings is 2. The predicted molar refractivity (Wildman–Crippen MR) is 93.8 cm³/mol. The Morgan fingerprint density at radius 1 is 1.23 bits per heavy atom. The molecule has 1 aromatic heterocycles. The van der Waals surface area contributed by atoms with Gasteiger partial charge in [0.1, 0.15) is 12.1 Å². The van der Waals surface area contributed by atoms with E-state index in [0.29, 0.717) is 27.9 Å². The van der Waals surface area contributed by atoms with Gasteiger partial charge in [0.25, 0.3) is 5.56 Å². The van der Waals surface area contributed by atoms with Gasteiger partial charge in [-0.1, -0.05) is 11.6 Å². The summed E-state index contributed by atoms with van der Waals surface area (Å²) in [7, 11) is 0. The summed E-state index contributed by atoms with van der Waals surface area (Å²) in [6, 6.07) is 6.86. The number of fused-ring (bicyclic) bond motifs is 1. The minimum atomic E-state index is -4.36. The molecule has 3 nitrogen and oxygen atoms in total. The summed E-state index contributed by atoms with van der Waals surface area (Å²) in [5.74, 6) is -1.84. The normalized spacial score (nSPS) is 11.9. The SMILES string of the molecule is Cc1cc(F)c(-n2cnc3ccc(Cl)cc3c2=O)cc1SCC(F)(F)F. The zero-order valence-corrected chi connectivity index (χ0v) is 14.8. The van der Waals surface area contributed by atoms with Gasteiger partial charge in [0, 0.05) is 9.92 Å². The van der Waals surface area contributed by atoms with Gasteiger partial charge in [0.15, 0.2) is 0 Å². The molecular formula is C17H11ClF4N2OS. The third-order valence-corrected chi connectivity index (χ3v) is 5.07. The van der Waals surface area contributed by atoms with Crippen LogP contribution in [0.4, 0.5) is 17.6 Å². The lowest BCUT2D eigenvalue weighted by Gasteiger charge is -2.13. The Morgan fingerprint density at radius 3 is 2.65 bits per heavy atom. The van der Waals surface area contributed by atoms with Crippen LogP contribution in [0.15, 0.2) is 46.3 Å². The van der Waals surface area contributed by atoms with Crippen LogP contribution in [0, 0.1) is 12.7 Å². The summed E-state index contributed by atoms with van der Waals surface area (Å²) in [4.78, 5) is 17.0. The highest BCUT2D eigenvalue weighted by atomic mass is 35.5. The Hall–Kier alpha value is -2.06. The van der Waals surface area contributed by atoms with Gasteiger partial charge in [-0.25, -0.2) is 9.37 Å². The molecule has 3 aromatic rings. The molecule has 0 saturated heterocycles. The Labute approximate surface area is 154 Å². The van der Waals surface area contributed by atoms with Gasteiger partial charge in [-0.15, -0.1) is 11.8 Å². The van der Waals surface area contributed by atoms with Crippen molar-refractivity contribution in [1.29, 1.82) is 0 Å². The smallest absolute Gasteiger partial charge is 0.268 e. The van der Waals surface area contributed by atoms with Crippen LogP contribution in [-0.2, 0) is 0 Å². The summed E-state index contributed by atoms with van der Waals surface area (Å²) in [5, 5.41) is 0.504. The van der Waals surface area contributed by atoms with Gasteiger partial charge in [0.2, 0.25) is 0 Å². The Balaban J connectivity index is 2.13. The molecule has 1 heterocycles. The number of hydrogen-bond acceptors (Lipinski definition) is 3. The van der Waals surface area contributed by atoms with E-state index in [1.54, 1.807) is 12.1 Å². The van der Waals surface area contributed by atoms with Crippen LogP contribution in [0.3, 0.4) is 0 Å². The third kappa shape index (κ3) is 3.86. The quantitative estimate of drug-likeness (QED) is 0.449. The molecule has 0 aliphatic heterocycles. The number of alkyl halides is 3. The summed E-state index contributed by atoms with van der Waals surface area (Å²) in [6.07, 6.45) is -3.21. The van der Waals surface area contributed by atoms with Crippen molar-refractivity contribution in [1.82, 2.24) is 9.55 Å². The van der Waals surface area contributed by atoms with Gasteiger partial charge in [-0.2, -0.15) is 13.2 Å². The van der Waals surface area contributed by atoms with E-state index in [0.717, 1.165) is 17.0 Å². The van der Waals surface area contributed by atoms with Gasteiger partial charge in [-0.3, -0.25) is 9.36 Å². The summed E-state index contributed by atoms with van der Waals surface area (Å²) in [5.41, 5.74) is 0.00635. The van der Waals surface area contributed by atoms with Crippen molar-refractivity contribution >= 4 is 34.3 Å². The van der Waals surface area contributed by atoms with Crippen LogP contribution in [0.5, 0.6) is 0 Å². The van der Waals surface area contributed by atoms with Crippen molar-refractivity contribution in [2.75, 3.05) is 5.75 Å². The predicted octanol–water partition coefficient (Wildman–Crippen LogP) is 5.14. The highest BCUT2D eigenvalue weighted by Crippen LogP contribution is 2.31. The standard InChI is InChI=1S/C17H11ClF4N2OS/c1-9-4-12(19)14(6-15(9)26-7-17(20,21)22)24-8-23-13-3-2-10(18)5-11(13)16(24)25/h2-6,8H,7H2,1H3. The van der Waals surface area contributed by atoms with E-state index >= 15 is 0 Å². The molecular weight excluding hydrogens is 392 g/mol. The molecule has 9 heteroatoms. The molecule has 0 saturated carbocycles. The fourth-order valence-corrected chi connectivity index (χ4v) is 3.38. The first-order chi connectivity index (χ1) is 12.2. The van der Waals surface area contributed by atoms with Crippen LogP contribution >= 0.6 is 23.4 Å². The van der Waals surface area contributed by atoms with Crippen molar-refractivity contribution < 1.29 is 17.6 Å². The molecule has 0 radical (unpaired) electrons. The first-order valence-corrected chi connectivity index (χ1v) is 8.69. The molecule has 0 spiro atoms. The van der Waals surface area contributed by atoms with Crippen LogP contribution in [0.2, 0.25) is 5.02 Å². The van der Waals surface area contributed by atoms with E-state index in [1.807, 2.05) is 0 Å². The molecule has 136 valence electrons. The molecule has 2 aromatic carbocycles. The number of aromatic nitrogens is 2. The molecule has 26 heavy (non-hydrogen) atoms. The van der Waals surface area contributed by atoms with Crippen LogP contribution < -0.4 is 5.56 Å². The Kier molecular flexibility index (Phi) is 4.98. The maximum absolute atomic E-state index is 14.4. The van der Waals surface area contributed by atoms with Gasteiger partial charge < -0.3 is 0 Å². The van der Waals surface area contributed by atoms with Gasteiger partial charge in [-0.05, 0) is 42.8 Å². The summed E-state index contributed by atoms with van der Waals surface area (Å²) >= 11 is 6.43. The lowest BCUT2D eigenvalue weighted by atomic mass is 10.2. The van der Waals surface area contributed by atoms with Gasteiger partial charge in [0.05, 0.1) is 22.3 Å². The number of halogens is 5. The number of thioether (sulfide) groups is 1. The van der Waals surface area contributed by atoms with E-state index in [2.05, 4.69) is 4.98 Å². The second kappa shape index (κ2) is 6.92. The molecule has 0 atom stereocenters. The Bertz CT molecular complexity index is 1050. The molecule has 0 fully saturated rings. The van der Waals surface area contributed by atoms with E-state index < -0.39 is 23.3 Å². The first-order valence-electron chi connectivity index (χ1n) is 7.33. The van der Waals surface area contributed by atoms with E-state index in [9.17, 15) is 22.4 Å². The zero-order valence-electron chi connectivity index (χ0n) is 13.3. The number of rotatable bonds is 3. The molecule has 3 rings (SSSR count). The van der Waals surface area contributed by atoms with Crippen molar-refractivity contribution in [2.24, 2.45) is 0 Å². The van der Waals surface area contributed by atoms with Gasteiger partial charge >= 0.3 is 6.18 Å². The molecule has 0 aliphatic rings. The Morgan fingerprint density at radius 2 is 1.96 bits per heavy atom. The summed E-state index contributed by atoms with van der Waals surface area (Å²) < 4.78 is 52.8. The minimum absolute atomic E-state index is 0.167. The largest absolute Gasteiger partial charge is 0.398 e. The molecule has 0 amide bonds. The van der Waals surface area contributed by atoms with E-state index in [4.69, 9.17) is 11.6 Å². The number of aryl methyl sites for hydroxylation is 1. The van der Waals surface area contributed by atoms with E-state index in [-0.39, 0.29) is 16.0 Å². The van der Waals surface area contributed by atoms with Crippen molar-refractivity contribution in [2.45, 2.75) is 18.0 Å². The average molecular weight is 403 g/mol. The monoisotopic (exact) mass is 402 g/mol. The van der Waals surface area contributed by atoms with Crippen molar-refractivity contribution in [3.8, 4) is 5.69 Å². The van der Waals surface area contributed by atoms with Crippen LogP contribution in [-0.4, -0.2) is 21.5 Å². The highest BCUT2D eigenvalue weighted by Gasteiger charge is 2.28. The number of hydrogen-bond donors (Lipinski definition) is 0. The van der Waals surface area contributed by atoms with Crippen molar-refractivity contribution in [3.63, 3.8) is 0 Å². The molecule has 0 N–H and O–H groups in total. The lowest BCUT2D eigenvalue weighted by Crippen LogP contribution is -2.20. The zero-order chi connectivity index (χ0) is 19.1. The van der Waals surface area contributed by atoms with E-state index in [1.165, 1.54) is 19.1 Å². The topological polar surface area (TPSA) is 34.9 Å². The second-order valence-corrected chi connectivity index (χ2v) is 7.01. The van der Waals surface area contributed by atoms with Crippen LogP contribution in [0.1, 0.15) is 5.56 Å². The molecule has 0 unspecified atom stereocenters. The fraction of sp³-hybridized carbons (Fsp3) is 0.176. The molecule has 0 aliphatic carbocycles. The van der Waals surface area contributed by atoms with Crippen LogP contribution in [0.25, 0.3) is 16.6 Å². The summed E-state index contributed by atoms with van der Waals surface area (Å²) in [6.45, 7) is 1.51. The third-order valence-electron chi connectivity index (χ3n) is 3.62. The molecule has 0 bridgehead atoms. The maximum atomic E-state index is 14.4. The fourth-order valence-electron chi connectivity index (χ4n) is 2.41. The number of nitrogens with zero attached hydrogens (tertiary/aromatic N) is 2. The second-order valence-electron chi connectivity index (χ2n) is 5.55. The minimum Gasteiger partial charge on any atom is -0.268 e. The average Bonchev–Trinajstić information content (AvgIpc) is 2.55. The highest BCUT2D eigenvalue weighted by molar-refractivity contribution is 7.99. The first kappa shape index (κ1) is 18.7. The lowest BCUT2D eigenvalue weighted by molar-refractivity contribution is -0.105. The van der Waals surface area contributed by atoms with Crippen molar-refractivity contribution in [3.05, 3.63) is 63.4 Å². The maximum Gasteiger partial charge on any atom is 0.398 e.